The Labute approximate surface area is 88.8 Å². The van der Waals surface area contributed by atoms with E-state index in [2.05, 4.69) is 15.9 Å². The Balaban J connectivity index is 3.13. The minimum absolute atomic E-state index is 0.271. The van der Waals surface area contributed by atoms with Gasteiger partial charge in [0, 0.05) is 4.83 Å². The van der Waals surface area contributed by atoms with Gasteiger partial charge < -0.3 is 4.55 Å². The zero-order valence-electron chi connectivity index (χ0n) is 7.45. The molecule has 0 saturated carbocycles. The second kappa shape index (κ2) is 4.35. The molecular formula is C9H11BrO2S. The van der Waals surface area contributed by atoms with Crippen LogP contribution in [0.15, 0.2) is 23.1 Å². The van der Waals surface area contributed by atoms with Crippen LogP contribution in [-0.4, -0.2) is 8.76 Å². The van der Waals surface area contributed by atoms with Crippen LogP contribution in [0.1, 0.15) is 22.9 Å². The Morgan fingerprint density at radius 3 is 2.54 bits per heavy atom. The molecule has 0 bridgehead atoms. The fourth-order valence-electron chi connectivity index (χ4n) is 1.12. The van der Waals surface area contributed by atoms with E-state index in [-0.39, 0.29) is 4.83 Å². The maximum atomic E-state index is 10.8. The molecule has 0 fully saturated rings. The number of hydrogen-bond donors (Lipinski definition) is 1. The third-order valence-electron chi connectivity index (χ3n) is 1.85. The predicted molar refractivity (Wildman–Crippen MR) is 57.6 cm³/mol. The number of halogens is 1. The molecule has 0 saturated heterocycles. The summed E-state index contributed by atoms with van der Waals surface area (Å²) >= 11 is 1.56. The van der Waals surface area contributed by atoms with Gasteiger partial charge in [0.15, 0.2) is 11.1 Å². The molecule has 4 heteroatoms. The lowest BCUT2D eigenvalue weighted by molar-refractivity contribution is 0.563. The molecule has 2 atom stereocenters. The molecule has 1 aromatic carbocycles. The molecule has 0 heterocycles. The summed E-state index contributed by atoms with van der Waals surface area (Å²) in [6.45, 7) is 3.85. The monoisotopic (exact) mass is 262 g/mol. The van der Waals surface area contributed by atoms with Crippen LogP contribution < -0.4 is 0 Å². The molecular weight excluding hydrogens is 252 g/mol. The van der Waals surface area contributed by atoms with Crippen LogP contribution in [0, 0.1) is 6.92 Å². The number of aryl methyl sites for hydroxylation is 1. The van der Waals surface area contributed by atoms with Gasteiger partial charge in [-0.05, 0) is 31.0 Å². The van der Waals surface area contributed by atoms with Crippen LogP contribution in [-0.2, 0) is 11.1 Å². The van der Waals surface area contributed by atoms with Gasteiger partial charge in [-0.3, -0.25) is 0 Å². The minimum Gasteiger partial charge on any atom is -0.302 e. The molecule has 1 rings (SSSR count). The normalized spacial score (nSPS) is 15.4. The third-order valence-corrected chi connectivity index (χ3v) is 3.21. The first-order chi connectivity index (χ1) is 6.02. The number of benzene rings is 1. The quantitative estimate of drug-likeness (QED) is 0.657. The molecule has 0 aromatic heterocycles. The second-order valence-electron chi connectivity index (χ2n) is 2.89. The highest BCUT2D eigenvalue weighted by Gasteiger charge is 2.07. The number of alkyl halides is 1. The number of hydrogen-bond acceptors (Lipinski definition) is 1. The van der Waals surface area contributed by atoms with Gasteiger partial charge in [-0.2, -0.15) is 0 Å². The largest absolute Gasteiger partial charge is 0.302 e. The summed E-state index contributed by atoms with van der Waals surface area (Å²) in [4.78, 5) is 0.754. The fraction of sp³-hybridized carbons (Fsp3) is 0.333. The van der Waals surface area contributed by atoms with Crippen molar-refractivity contribution in [3.63, 3.8) is 0 Å². The molecule has 0 amide bonds. The van der Waals surface area contributed by atoms with Gasteiger partial charge in [-0.1, -0.05) is 28.1 Å². The zero-order valence-corrected chi connectivity index (χ0v) is 9.85. The summed E-state index contributed by atoms with van der Waals surface area (Å²) in [6, 6.07) is 5.47. The van der Waals surface area contributed by atoms with Gasteiger partial charge >= 0.3 is 0 Å². The van der Waals surface area contributed by atoms with E-state index in [0.717, 1.165) is 11.1 Å². The van der Waals surface area contributed by atoms with Crippen LogP contribution >= 0.6 is 15.9 Å². The van der Waals surface area contributed by atoms with Crippen molar-refractivity contribution in [1.82, 2.24) is 0 Å². The van der Waals surface area contributed by atoms with Crippen LogP contribution in [0.2, 0.25) is 0 Å². The Hall–Kier alpha value is -0.190. The smallest absolute Gasteiger partial charge is 0.186 e. The summed E-state index contributed by atoms with van der Waals surface area (Å²) in [5.74, 6) is 0. The van der Waals surface area contributed by atoms with Gasteiger partial charge in [0.05, 0.1) is 4.90 Å². The molecule has 2 nitrogen and oxygen atoms in total. The number of rotatable bonds is 2. The van der Waals surface area contributed by atoms with Crippen LogP contribution in [0.5, 0.6) is 0 Å². The van der Waals surface area contributed by atoms with Gasteiger partial charge in [0.2, 0.25) is 0 Å². The predicted octanol–water partition coefficient (Wildman–Crippen LogP) is 3.03. The van der Waals surface area contributed by atoms with E-state index < -0.39 is 11.1 Å². The summed E-state index contributed by atoms with van der Waals surface area (Å²) in [5.41, 5.74) is 1.97. The average molecular weight is 263 g/mol. The SMILES string of the molecule is Cc1cc(C(C)Br)ccc1S(=O)O. The molecule has 1 N–H and O–H groups in total. The molecule has 2 unspecified atom stereocenters. The Kier molecular flexibility index (Phi) is 3.64. The van der Waals surface area contributed by atoms with E-state index in [4.69, 9.17) is 4.55 Å². The van der Waals surface area contributed by atoms with Crippen molar-refractivity contribution < 1.29 is 8.76 Å². The average Bonchev–Trinajstić information content (AvgIpc) is 2.03. The standard InChI is InChI=1S/C9H11BrO2S/c1-6-5-8(7(2)10)3-4-9(6)13(11)12/h3-5,7H,1-2H3,(H,11,12). The molecule has 0 aliphatic rings. The highest BCUT2D eigenvalue weighted by atomic mass is 79.9. The van der Waals surface area contributed by atoms with E-state index in [1.54, 1.807) is 6.07 Å². The summed E-state index contributed by atoms with van der Waals surface area (Å²) in [5, 5.41) is 0. The minimum atomic E-state index is -1.88. The van der Waals surface area contributed by atoms with Crippen molar-refractivity contribution in [2.45, 2.75) is 23.6 Å². The molecule has 0 aliphatic heterocycles. The molecule has 1 aromatic rings. The lowest BCUT2D eigenvalue weighted by Crippen LogP contribution is -1.94. The van der Waals surface area contributed by atoms with Crippen molar-refractivity contribution >= 4 is 27.0 Å². The van der Waals surface area contributed by atoms with Crippen LogP contribution in [0.3, 0.4) is 0 Å². The highest BCUT2D eigenvalue weighted by molar-refractivity contribution is 9.09. The summed E-state index contributed by atoms with van der Waals surface area (Å²) in [6.07, 6.45) is 0. The van der Waals surface area contributed by atoms with E-state index in [9.17, 15) is 4.21 Å². The summed E-state index contributed by atoms with van der Waals surface area (Å²) in [7, 11) is 0. The zero-order chi connectivity index (χ0) is 10.0. The van der Waals surface area contributed by atoms with E-state index in [0.29, 0.717) is 4.90 Å². The first kappa shape index (κ1) is 10.9. The first-order valence-corrected chi connectivity index (χ1v) is 5.90. The molecule has 0 aliphatic carbocycles. The fourth-order valence-corrected chi connectivity index (χ4v) is 1.92. The first-order valence-electron chi connectivity index (χ1n) is 3.88. The Morgan fingerprint density at radius 2 is 2.15 bits per heavy atom. The van der Waals surface area contributed by atoms with Gasteiger partial charge in [0.1, 0.15) is 0 Å². The second-order valence-corrected chi connectivity index (χ2v) is 5.20. The topological polar surface area (TPSA) is 37.3 Å². The maximum Gasteiger partial charge on any atom is 0.186 e. The van der Waals surface area contributed by atoms with E-state index in [1.165, 1.54) is 0 Å². The van der Waals surface area contributed by atoms with Gasteiger partial charge in [-0.25, -0.2) is 4.21 Å². The lowest BCUT2D eigenvalue weighted by atomic mass is 10.1. The lowest BCUT2D eigenvalue weighted by Gasteiger charge is -2.06. The third kappa shape index (κ3) is 2.62. The van der Waals surface area contributed by atoms with Crippen molar-refractivity contribution in [3.05, 3.63) is 29.3 Å². The molecule has 0 spiro atoms. The van der Waals surface area contributed by atoms with E-state index in [1.807, 2.05) is 26.0 Å². The van der Waals surface area contributed by atoms with Crippen molar-refractivity contribution in [3.8, 4) is 0 Å². The maximum absolute atomic E-state index is 10.8. The highest BCUT2D eigenvalue weighted by Crippen LogP contribution is 2.24. The Morgan fingerprint density at radius 1 is 1.54 bits per heavy atom. The molecule has 72 valence electrons. The summed E-state index contributed by atoms with van der Waals surface area (Å²) < 4.78 is 19.7. The van der Waals surface area contributed by atoms with Gasteiger partial charge in [-0.15, -0.1) is 0 Å². The van der Waals surface area contributed by atoms with Crippen LogP contribution in [0.25, 0.3) is 0 Å². The van der Waals surface area contributed by atoms with Crippen molar-refractivity contribution in [2.75, 3.05) is 0 Å². The Bertz CT molecular complexity index is 336. The van der Waals surface area contributed by atoms with Gasteiger partial charge in [0.25, 0.3) is 0 Å². The molecule has 13 heavy (non-hydrogen) atoms. The molecule has 0 radical (unpaired) electrons. The van der Waals surface area contributed by atoms with Crippen molar-refractivity contribution in [2.24, 2.45) is 0 Å². The van der Waals surface area contributed by atoms with Crippen LogP contribution in [0.4, 0.5) is 0 Å². The van der Waals surface area contributed by atoms with Crippen molar-refractivity contribution in [1.29, 1.82) is 0 Å². The van der Waals surface area contributed by atoms with E-state index >= 15 is 0 Å².